The smallest absolute Gasteiger partial charge is 0.0961 e. The predicted molar refractivity (Wildman–Crippen MR) is 150 cm³/mol. The Morgan fingerprint density at radius 1 is 0.861 bits per heavy atom. The van der Waals surface area contributed by atoms with E-state index in [0.717, 1.165) is 22.3 Å². The van der Waals surface area contributed by atoms with E-state index in [1.165, 1.54) is 39.3 Å². The zero-order valence-corrected chi connectivity index (χ0v) is 26.5. The second-order valence-corrected chi connectivity index (χ2v) is 12.0. The number of nitrogens with zero attached hydrogens (tertiary/aromatic N) is 1. The van der Waals surface area contributed by atoms with Gasteiger partial charge in [-0.25, -0.2) is 0 Å². The predicted octanol–water partition coefficient (Wildman–Crippen LogP) is 8.43. The fraction of sp³-hybridized carbons (Fsp3) is 0.469. The van der Waals surface area contributed by atoms with E-state index >= 15 is 0 Å². The number of fused-ring (bicyclic) bond motifs is 1. The fourth-order valence-corrected chi connectivity index (χ4v) is 3.79. The zero-order valence-electron chi connectivity index (χ0n) is 24.1. The summed E-state index contributed by atoms with van der Waals surface area (Å²) in [7, 11) is 0. The van der Waals surface area contributed by atoms with E-state index in [-0.39, 0.29) is 36.7 Å². The second kappa shape index (κ2) is 12.0. The standard InChI is InChI=1S/C21H22N.C11H22O2.Ir/c1-12-7-13(2)9-18(8-12)21-15(4)10-19-17(6)16(5)14(3)11-20(19)22-21;1-10(2,3)8(12)7-9(13)11(4,5)6;/h7-8,10-11H,1-6H3;7-8,12-13H,1-6H3;/q-1;;/b;9-7-;. The molecule has 4 heteroatoms. The molecular weight excluding hydrogens is 623 g/mol. The van der Waals surface area contributed by atoms with Crippen molar-refractivity contribution < 1.29 is 30.3 Å². The monoisotopic (exact) mass is 667 g/mol. The van der Waals surface area contributed by atoms with Crippen molar-refractivity contribution in [1.82, 2.24) is 4.98 Å². The average molecular weight is 667 g/mol. The maximum absolute atomic E-state index is 9.68. The third kappa shape index (κ3) is 8.00. The molecule has 199 valence electrons. The van der Waals surface area contributed by atoms with E-state index in [2.05, 4.69) is 71.9 Å². The van der Waals surface area contributed by atoms with Crippen LogP contribution in [0, 0.1) is 58.4 Å². The van der Waals surface area contributed by atoms with Crippen LogP contribution in [0.3, 0.4) is 0 Å². The van der Waals surface area contributed by atoms with Crippen LogP contribution in [-0.2, 0) is 20.1 Å². The molecule has 2 aromatic carbocycles. The van der Waals surface area contributed by atoms with E-state index in [1.807, 2.05) is 41.5 Å². The first-order chi connectivity index (χ1) is 15.9. The summed E-state index contributed by atoms with van der Waals surface area (Å²) in [5.41, 5.74) is 10.3. The topological polar surface area (TPSA) is 53.4 Å². The van der Waals surface area contributed by atoms with Gasteiger partial charge in [-0.2, -0.15) is 0 Å². The van der Waals surface area contributed by atoms with Gasteiger partial charge in [0.25, 0.3) is 0 Å². The molecule has 0 aliphatic heterocycles. The number of aryl methyl sites for hydroxylation is 5. The maximum atomic E-state index is 9.68. The van der Waals surface area contributed by atoms with Crippen molar-refractivity contribution in [2.24, 2.45) is 10.8 Å². The molecule has 1 aromatic heterocycles. The summed E-state index contributed by atoms with van der Waals surface area (Å²) < 4.78 is 0. The molecule has 0 fully saturated rings. The van der Waals surface area contributed by atoms with Crippen molar-refractivity contribution in [3.05, 3.63) is 75.5 Å². The van der Waals surface area contributed by atoms with Gasteiger partial charge in [0, 0.05) is 30.9 Å². The molecule has 0 spiro atoms. The number of aliphatic hydroxyl groups excluding tert-OH is 2. The molecule has 0 saturated carbocycles. The van der Waals surface area contributed by atoms with E-state index in [4.69, 9.17) is 4.98 Å². The Kier molecular flexibility index (Phi) is 10.7. The molecule has 36 heavy (non-hydrogen) atoms. The number of hydrogen-bond acceptors (Lipinski definition) is 3. The number of benzene rings is 2. The molecule has 0 bridgehead atoms. The molecule has 2 N–H and O–H groups in total. The summed E-state index contributed by atoms with van der Waals surface area (Å²) in [5.74, 6) is 0.245. The maximum Gasteiger partial charge on any atom is 0.0961 e. The van der Waals surface area contributed by atoms with Crippen LogP contribution in [0.2, 0.25) is 0 Å². The number of hydrogen-bond donors (Lipinski definition) is 2. The van der Waals surface area contributed by atoms with Crippen molar-refractivity contribution in [3.8, 4) is 11.3 Å². The number of rotatable bonds is 2. The molecular formula is C32H44IrNO2-. The summed E-state index contributed by atoms with van der Waals surface area (Å²) >= 11 is 0. The number of aromatic nitrogens is 1. The Morgan fingerprint density at radius 2 is 1.44 bits per heavy atom. The minimum atomic E-state index is -0.605. The Bertz CT molecular complexity index is 1220. The minimum absolute atomic E-state index is 0. The molecule has 0 aliphatic carbocycles. The molecule has 3 aromatic rings. The molecule has 0 aliphatic rings. The third-order valence-corrected chi connectivity index (χ3v) is 6.53. The van der Waals surface area contributed by atoms with E-state index < -0.39 is 6.10 Å². The quantitative estimate of drug-likeness (QED) is 0.213. The van der Waals surface area contributed by atoms with Crippen molar-refractivity contribution in [2.75, 3.05) is 0 Å². The molecule has 1 unspecified atom stereocenters. The SMILES string of the molecule is CC(C)(C)/C(O)=C/C(O)C(C)(C)C.Cc1[c-]c(-c2nc3cc(C)c(C)c(C)c3cc2C)cc(C)c1.[Ir]. The summed E-state index contributed by atoms with van der Waals surface area (Å²) in [6.45, 7) is 24.4. The normalized spacial score (nSPS) is 13.1. The van der Waals surface area contributed by atoms with Gasteiger partial charge in [0.1, 0.15) is 0 Å². The summed E-state index contributed by atoms with van der Waals surface area (Å²) in [6, 6.07) is 12.2. The first-order valence-corrected chi connectivity index (χ1v) is 12.4. The fourth-order valence-electron chi connectivity index (χ4n) is 3.79. The first kappa shape index (κ1) is 32.0. The van der Waals surface area contributed by atoms with Crippen molar-refractivity contribution in [2.45, 2.75) is 89.2 Å². The van der Waals surface area contributed by atoms with Crippen LogP contribution in [-0.4, -0.2) is 21.3 Å². The van der Waals surface area contributed by atoms with Crippen molar-refractivity contribution in [1.29, 1.82) is 0 Å². The van der Waals surface area contributed by atoms with Gasteiger partial charge < -0.3 is 10.2 Å². The van der Waals surface area contributed by atoms with Gasteiger partial charge in [0.15, 0.2) is 0 Å². The summed E-state index contributed by atoms with van der Waals surface area (Å²) in [4.78, 5) is 4.96. The number of aliphatic hydroxyl groups is 2. The largest absolute Gasteiger partial charge is 0.512 e. The Hall–Kier alpha value is -2.00. The van der Waals surface area contributed by atoms with Crippen LogP contribution < -0.4 is 0 Å². The van der Waals surface area contributed by atoms with Gasteiger partial charge in [-0.05, 0) is 67.6 Å². The molecule has 0 amide bonds. The van der Waals surface area contributed by atoms with E-state index in [9.17, 15) is 10.2 Å². The van der Waals surface area contributed by atoms with Gasteiger partial charge in [0.05, 0.1) is 17.4 Å². The van der Waals surface area contributed by atoms with E-state index in [1.54, 1.807) is 0 Å². The van der Waals surface area contributed by atoms with Crippen LogP contribution >= 0.6 is 0 Å². The summed E-state index contributed by atoms with van der Waals surface area (Å²) in [5, 5.41) is 20.6. The van der Waals surface area contributed by atoms with E-state index in [0.29, 0.717) is 0 Å². The van der Waals surface area contributed by atoms with Gasteiger partial charge in [-0.3, -0.25) is 4.98 Å². The van der Waals surface area contributed by atoms with Gasteiger partial charge in [0.2, 0.25) is 0 Å². The van der Waals surface area contributed by atoms with Crippen LogP contribution in [0.1, 0.15) is 74.9 Å². The Labute approximate surface area is 232 Å². The van der Waals surface area contributed by atoms with Gasteiger partial charge >= 0.3 is 0 Å². The van der Waals surface area contributed by atoms with Crippen LogP contribution in [0.4, 0.5) is 0 Å². The van der Waals surface area contributed by atoms with Gasteiger partial charge in [-0.1, -0.05) is 67.0 Å². The summed E-state index contributed by atoms with van der Waals surface area (Å²) in [6.07, 6.45) is 0.923. The van der Waals surface area contributed by atoms with Crippen molar-refractivity contribution in [3.63, 3.8) is 0 Å². The minimum Gasteiger partial charge on any atom is -0.512 e. The molecule has 1 heterocycles. The van der Waals surface area contributed by atoms with Crippen LogP contribution in [0.5, 0.6) is 0 Å². The van der Waals surface area contributed by atoms with Crippen LogP contribution in [0.15, 0.2) is 36.1 Å². The number of allylic oxidation sites excluding steroid dienone is 1. The third-order valence-electron chi connectivity index (χ3n) is 6.53. The molecule has 3 nitrogen and oxygen atoms in total. The van der Waals surface area contributed by atoms with Crippen molar-refractivity contribution >= 4 is 10.9 Å². The molecule has 0 saturated heterocycles. The van der Waals surface area contributed by atoms with Gasteiger partial charge in [-0.15, -0.1) is 34.9 Å². The van der Waals surface area contributed by atoms with Crippen LogP contribution in [0.25, 0.3) is 22.2 Å². The molecule has 1 atom stereocenters. The Morgan fingerprint density at radius 3 is 1.94 bits per heavy atom. The second-order valence-electron chi connectivity index (χ2n) is 12.0. The number of pyridine rings is 1. The average Bonchev–Trinajstić information content (AvgIpc) is 2.71. The Balaban J connectivity index is 0.000000402. The molecule has 1 radical (unpaired) electrons. The zero-order chi connectivity index (χ0) is 26.9. The first-order valence-electron chi connectivity index (χ1n) is 12.4. The molecule has 3 rings (SSSR count).